The zero-order chi connectivity index (χ0) is 21.1. The van der Waals surface area contributed by atoms with Crippen molar-refractivity contribution in [2.24, 2.45) is 0 Å². The third-order valence-electron chi connectivity index (χ3n) is 5.27. The van der Waals surface area contributed by atoms with E-state index in [1.807, 2.05) is 55.5 Å². The van der Waals surface area contributed by atoms with Crippen molar-refractivity contribution in [2.45, 2.75) is 25.9 Å². The first-order valence-electron chi connectivity index (χ1n) is 9.82. The van der Waals surface area contributed by atoms with Crippen LogP contribution in [-0.2, 0) is 11.3 Å². The van der Waals surface area contributed by atoms with E-state index < -0.39 is 6.04 Å². The molecule has 0 spiro atoms. The molecule has 0 saturated carbocycles. The molecule has 6 heteroatoms. The Morgan fingerprint density at radius 2 is 1.87 bits per heavy atom. The van der Waals surface area contributed by atoms with Gasteiger partial charge in [0.25, 0.3) is 5.91 Å². The summed E-state index contributed by atoms with van der Waals surface area (Å²) in [5.74, 6) is 0.431. The molecule has 152 valence electrons. The Morgan fingerprint density at radius 3 is 2.63 bits per heavy atom. The Kier molecular flexibility index (Phi) is 5.48. The van der Waals surface area contributed by atoms with Crippen molar-refractivity contribution < 1.29 is 14.3 Å². The molecular formula is C24H23N3O3. The highest BCUT2D eigenvalue weighted by Crippen LogP contribution is 2.38. The summed E-state index contributed by atoms with van der Waals surface area (Å²) in [6.07, 6.45) is 1.78. The van der Waals surface area contributed by atoms with Crippen LogP contribution in [0.1, 0.15) is 39.6 Å². The molecule has 2 heterocycles. The average Bonchev–Trinajstić information content (AvgIpc) is 3.05. The molecule has 4 rings (SSSR count). The van der Waals surface area contributed by atoms with E-state index in [2.05, 4.69) is 10.3 Å². The number of carbonyl (C=O) groups excluding carboxylic acids is 2. The number of amides is 2. The maximum atomic E-state index is 13.1. The standard InChI is InChI=1S/C24H23N3O3/c1-16-9-11-18(12-10-16)27-20(23-19(24(27)29)7-5-13-25-23)14-22(28)26-15-17-6-3-4-8-21(17)30-2/h3-13,20H,14-15H2,1-2H3,(H,26,28)/t20-/m0/s1. The summed E-state index contributed by atoms with van der Waals surface area (Å²) < 4.78 is 5.34. The van der Waals surface area contributed by atoms with Gasteiger partial charge in [-0.15, -0.1) is 0 Å². The lowest BCUT2D eigenvalue weighted by Crippen LogP contribution is -2.33. The highest BCUT2D eigenvalue weighted by Gasteiger charge is 2.39. The number of hydrogen-bond donors (Lipinski definition) is 1. The van der Waals surface area contributed by atoms with Gasteiger partial charge in [-0.3, -0.25) is 19.5 Å². The smallest absolute Gasteiger partial charge is 0.260 e. The van der Waals surface area contributed by atoms with Gasteiger partial charge in [0.2, 0.25) is 5.91 Å². The van der Waals surface area contributed by atoms with Crippen LogP contribution in [0.5, 0.6) is 5.75 Å². The van der Waals surface area contributed by atoms with E-state index in [1.165, 1.54) is 0 Å². The fraction of sp³-hybridized carbons (Fsp3) is 0.208. The quantitative estimate of drug-likeness (QED) is 0.682. The molecule has 1 N–H and O–H groups in total. The van der Waals surface area contributed by atoms with Crippen LogP contribution in [0, 0.1) is 6.92 Å². The number of pyridine rings is 1. The maximum absolute atomic E-state index is 13.1. The zero-order valence-electron chi connectivity index (χ0n) is 17.0. The van der Waals surface area contributed by atoms with Crippen molar-refractivity contribution in [2.75, 3.05) is 12.0 Å². The number of ether oxygens (including phenoxy) is 1. The minimum absolute atomic E-state index is 0.124. The Balaban J connectivity index is 1.56. The molecule has 1 atom stereocenters. The molecule has 0 radical (unpaired) electrons. The van der Waals surface area contributed by atoms with Gasteiger partial charge in [0, 0.05) is 24.0 Å². The zero-order valence-corrected chi connectivity index (χ0v) is 17.0. The molecule has 0 saturated heterocycles. The number of aryl methyl sites for hydroxylation is 1. The molecule has 0 aliphatic carbocycles. The Hall–Kier alpha value is -3.67. The van der Waals surface area contributed by atoms with Gasteiger partial charge in [-0.25, -0.2) is 0 Å². The number of hydrogen-bond acceptors (Lipinski definition) is 4. The first-order valence-corrected chi connectivity index (χ1v) is 9.82. The van der Waals surface area contributed by atoms with Crippen LogP contribution >= 0.6 is 0 Å². The van der Waals surface area contributed by atoms with E-state index in [0.717, 1.165) is 22.6 Å². The number of aromatic nitrogens is 1. The normalized spacial score (nSPS) is 15.1. The summed E-state index contributed by atoms with van der Waals surface area (Å²) >= 11 is 0. The van der Waals surface area contributed by atoms with Gasteiger partial charge < -0.3 is 10.1 Å². The van der Waals surface area contributed by atoms with Crippen LogP contribution < -0.4 is 15.0 Å². The fourth-order valence-corrected chi connectivity index (χ4v) is 3.74. The Labute approximate surface area is 175 Å². The van der Waals surface area contributed by atoms with Crippen LogP contribution in [0.15, 0.2) is 66.9 Å². The highest BCUT2D eigenvalue weighted by molar-refractivity contribution is 6.11. The second kappa shape index (κ2) is 8.37. The van der Waals surface area contributed by atoms with Crippen LogP contribution in [0.4, 0.5) is 5.69 Å². The lowest BCUT2D eigenvalue weighted by molar-refractivity contribution is -0.121. The number of rotatable bonds is 6. The van der Waals surface area contributed by atoms with Crippen LogP contribution in [-0.4, -0.2) is 23.9 Å². The minimum atomic E-state index is -0.450. The third-order valence-corrected chi connectivity index (χ3v) is 5.27. The molecule has 0 fully saturated rings. The van der Waals surface area contributed by atoms with E-state index in [0.29, 0.717) is 17.8 Å². The number of methoxy groups -OCH3 is 1. The predicted octanol–water partition coefficient (Wildman–Crippen LogP) is 3.81. The first kappa shape index (κ1) is 19.6. The van der Waals surface area contributed by atoms with Crippen molar-refractivity contribution >= 4 is 17.5 Å². The molecule has 1 aromatic heterocycles. The maximum Gasteiger partial charge on any atom is 0.260 e. The van der Waals surface area contributed by atoms with Gasteiger partial charge in [-0.2, -0.15) is 0 Å². The SMILES string of the molecule is COc1ccccc1CNC(=O)C[C@H]1c2ncccc2C(=O)N1c1ccc(C)cc1. The summed E-state index contributed by atoms with van der Waals surface area (Å²) in [4.78, 5) is 32.0. The van der Waals surface area contributed by atoms with Gasteiger partial charge in [0.1, 0.15) is 5.75 Å². The third kappa shape index (κ3) is 3.76. The second-order valence-electron chi connectivity index (χ2n) is 7.26. The monoisotopic (exact) mass is 401 g/mol. The van der Waals surface area contributed by atoms with E-state index in [1.54, 1.807) is 30.3 Å². The van der Waals surface area contributed by atoms with Crippen LogP contribution in [0.2, 0.25) is 0 Å². The van der Waals surface area contributed by atoms with E-state index in [4.69, 9.17) is 4.74 Å². The number of nitrogens with one attached hydrogen (secondary N) is 1. The number of nitrogens with zero attached hydrogens (tertiary/aromatic N) is 2. The summed E-state index contributed by atoms with van der Waals surface area (Å²) in [6, 6.07) is 18.3. The van der Waals surface area contributed by atoms with Crippen molar-refractivity contribution in [3.63, 3.8) is 0 Å². The highest BCUT2D eigenvalue weighted by atomic mass is 16.5. The number of anilines is 1. The van der Waals surface area contributed by atoms with Gasteiger partial charge in [0.05, 0.1) is 30.8 Å². The lowest BCUT2D eigenvalue weighted by Gasteiger charge is -2.25. The Bertz CT molecular complexity index is 1080. The number of benzene rings is 2. The van der Waals surface area contributed by atoms with Gasteiger partial charge in [-0.1, -0.05) is 35.9 Å². The summed E-state index contributed by atoms with van der Waals surface area (Å²) in [7, 11) is 1.60. The number of carbonyl (C=O) groups is 2. The van der Waals surface area contributed by atoms with Crippen molar-refractivity contribution in [3.8, 4) is 5.75 Å². The molecule has 0 bridgehead atoms. The molecule has 30 heavy (non-hydrogen) atoms. The topological polar surface area (TPSA) is 71.5 Å². The van der Waals surface area contributed by atoms with Crippen molar-refractivity contribution in [1.82, 2.24) is 10.3 Å². The summed E-state index contributed by atoms with van der Waals surface area (Å²) in [5.41, 5.74) is 3.93. The van der Waals surface area contributed by atoms with E-state index in [9.17, 15) is 9.59 Å². The van der Waals surface area contributed by atoms with Crippen molar-refractivity contribution in [1.29, 1.82) is 0 Å². The van der Waals surface area contributed by atoms with Gasteiger partial charge >= 0.3 is 0 Å². The molecule has 1 aliphatic rings. The minimum Gasteiger partial charge on any atom is -0.496 e. The van der Waals surface area contributed by atoms with Crippen LogP contribution in [0.3, 0.4) is 0 Å². The molecule has 1 aliphatic heterocycles. The number of fused-ring (bicyclic) bond motifs is 1. The molecule has 6 nitrogen and oxygen atoms in total. The largest absolute Gasteiger partial charge is 0.496 e. The summed E-state index contributed by atoms with van der Waals surface area (Å²) in [6.45, 7) is 2.35. The molecule has 2 amide bonds. The fourth-order valence-electron chi connectivity index (χ4n) is 3.74. The number of para-hydroxylation sites is 1. The van der Waals surface area contributed by atoms with Gasteiger partial charge in [0.15, 0.2) is 0 Å². The van der Waals surface area contributed by atoms with Crippen molar-refractivity contribution in [3.05, 3.63) is 89.2 Å². The van der Waals surface area contributed by atoms with E-state index in [-0.39, 0.29) is 18.2 Å². The Morgan fingerprint density at radius 1 is 1.10 bits per heavy atom. The average molecular weight is 401 g/mol. The molecule has 3 aromatic rings. The molecule has 2 aromatic carbocycles. The lowest BCUT2D eigenvalue weighted by atomic mass is 10.1. The van der Waals surface area contributed by atoms with Gasteiger partial charge in [-0.05, 0) is 37.3 Å². The predicted molar refractivity (Wildman–Crippen MR) is 114 cm³/mol. The second-order valence-corrected chi connectivity index (χ2v) is 7.26. The summed E-state index contributed by atoms with van der Waals surface area (Å²) in [5, 5.41) is 2.94. The molecular weight excluding hydrogens is 378 g/mol. The molecule has 0 unspecified atom stereocenters. The van der Waals surface area contributed by atoms with Crippen LogP contribution in [0.25, 0.3) is 0 Å². The van der Waals surface area contributed by atoms with E-state index >= 15 is 0 Å². The first-order chi connectivity index (χ1) is 14.6.